The minimum absolute atomic E-state index is 0.00916. The van der Waals surface area contributed by atoms with Crippen molar-refractivity contribution >= 4 is 28.1 Å². The Bertz CT molecular complexity index is 938. The molecular weight excluding hydrogens is 467 g/mol. The summed E-state index contributed by atoms with van der Waals surface area (Å²) in [6.45, 7) is 5.84. The molecule has 0 bridgehead atoms. The highest BCUT2D eigenvalue weighted by molar-refractivity contribution is 9.10. The van der Waals surface area contributed by atoms with Crippen LogP contribution >= 0.6 is 15.9 Å². The zero-order valence-electron chi connectivity index (χ0n) is 17.8. The van der Waals surface area contributed by atoms with Gasteiger partial charge in [0, 0.05) is 36.2 Å². The molecule has 166 valence electrons. The molecule has 3 rings (SSSR count). The van der Waals surface area contributed by atoms with Crippen molar-refractivity contribution in [2.24, 2.45) is 0 Å². The van der Waals surface area contributed by atoms with E-state index in [9.17, 15) is 14.0 Å². The van der Waals surface area contributed by atoms with Gasteiger partial charge in [0.25, 0.3) is 5.91 Å². The number of nitrogens with zero attached hydrogens (tertiary/aromatic N) is 2. The fraction of sp³-hybridized carbons (Fsp3) is 0.391. The Kier molecular flexibility index (Phi) is 7.67. The summed E-state index contributed by atoms with van der Waals surface area (Å²) in [5.41, 5.74) is 1.34. The number of amides is 1. The molecule has 2 aromatic carbocycles. The monoisotopic (exact) mass is 492 g/mol. The van der Waals surface area contributed by atoms with Crippen LogP contribution in [0.5, 0.6) is 11.5 Å². The minimum Gasteiger partial charge on any atom is -0.493 e. The predicted octanol–water partition coefficient (Wildman–Crippen LogP) is 3.91. The number of piperazine rings is 1. The number of rotatable bonds is 7. The zero-order chi connectivity index (χ0) is 22.5. The van der Waals surface area contributed by atoms with Crippen LogP contribution in [0, 0.1) is 5.82 Å². The largest absolute Gasteiger partial charge is 0.493 e. The molecule has 0 saturated carbocycles. The standard InChI is InChI=1S/C23H26BrFN2O4/c1-15-11-27(16(2)10-26(15)12-17-4-6-20(25)7-5-17)22(29)14-31-23-18(13-28)8-19(24)9-21(23)30-3/h4-9,13,15-16H,10-12,14H2,1-3H3/t15-,16+/m1/s1. The van der Waals surface area contributed by atoms with Crippen LogP contribution in [0.4, 0.5) is 4.39 Å². The van der Waals surface area contributed by atoms with E-state index in [0.717, 1.165) is 5.56 Å². The number of halogens is 2. The topological polar surface area (TPSA) is 59.1 Å². The van der Waals surface area contributed by atoms with Gasteiger partial charge in [0.2, 0.25) is 0 Å². The van der Waals surface area contributed by atoms with Crippen LogP contribution in [0.1, 0.15) is 29.8 Å². The van der Waals surface area contributed by atoms with Gasteiger partial charge in [0.15, 0.2) is 24.4 Å². The summed E-state index contributed by atoms with van der Waals surface area (Å²) in [6.07, 6.45) is 0.673. The van der Waals surface area contributed by atoms with E-state index in [1.165, 1.54) is 19.2 Å². The Hall–Kier alpha value is -2.45. The van der Waals surface area contributed by atoms with Crippen molar-refractivity contribution in [1.29, 1.82) is 0 Å². The van der Waals surface area contributed by atoms with Crippen molar-refractivity contribution in [3.63, 3.8) is 0 Å². The Balaban J connectivity index is 1.63. The fourth-order valence-electron chi connectivity index (χ4n) is 3.79. The van der Waals surface area contributed by atoms with E-state index in [2.05, 4.69) is 27.8 Å². The molecule has 2 aromatic rings. The van der Waals surface area contributed by atoms with Crippen LogP contribution in [0.2, 0.25) is 0 Å². The number of carbonyl (C=O) groups excluding carboxylic acids is 2. The second-order valence-electron chi connectivity index (χ2n) is 7.73. The average molecular weight is 493 g/mol. The second-order valence-corrected chi connectivity index (χ2v) is 8.65. The van der Waals surface area contributed by atoms with E-state index in [1.807, 2.05) is 6.92 Å². The van der Waals surface area contributed by atoms with Crippen LogP contribution in [0.15, 0.2) is 40.9 Å². The molecule has 31 heavy (non-hydrogen) atoms. The molecule has 0 aliphatic carbocycles. The van der Waals surface area contributed by atoms with Crippen molar-refractivity contribution in [1.82, 2.24) is 9.80 Å². The van der Waals surface area contributed by atoms with Crippen molar-refractivity contribution < 1.29 is 23.5 Å². The molecule has 1 amide bonds. The summed E-state index contributed by atoms with van der Waals surface area (Å²) in [4.78, 5) is 28.4. The maximum atomic E-state index is 13.2. The number of benzene rings is 2. The summed E-state index contributed by atoms with van der Waals surface area (Å²) < 4.78 is 24.9. The van der Waals surface area contributed by atoms with Gasteiger partial charge in [-0.2, -0.15) is 0 Å². The summed E-state index contributed by atoms with van der Waals surface area (Å²) >= 11 is 3.33. The lowest BCUT2D eigenvalue weighted by Gasteiger charge is -2.44. The van der Waals surface area contributed by atoms with Gasteiger partial charge in [0.05, 0.1) is 12.7 Å². The fourth-order valence-corrected chi connectivity index (χ4v) is 4.24. The first-order chi connectivity index (χ1) is 14.8. The molecule has 1 fully saturated rings. The third-order valence-electron chi connectivity index (χ3n) is 5.47. The third kappa shape index (κ3) is 5.62. The van der Waals surface area contributed by atoms with E-state index in [1.54, 1.807) is 29.2 Å². The Morgan fingerprint density at radius 2 is 1.90 bits per heavy atom. The van der Waals surface area contributed by atoms with Gasteiger partial charge in [-0.25, -0.2) is 4.39 Å². The molecule has 1 aliphatic heterocycles. The van der Waals surface area contributed by atoms with Crippen LogP contribution < -0.4 is 9.47 Å². The smallest absolute Gasteiger partial charge is 0.260 e. The van der Waals surface area contributed by atoms with Gasteiger partial charge in [-0.1, -0.05) is 28.1 Å². The van der Waals surface area contributed by atoms with Gasteiger partial charge in [-0.15, -0.1) is 0 Å². The summed E-state index contributed by atoms with van der Waals surface area (Å²) in [5.74, 6) is 0.239. The van der Waals surface area contributed by atoms with Gasteiger partial charge >= 0.3 is 0 Å². The van der Waals surface area contributed by atoms with Crippen molar-refractivity contribution in [2.75, 3.05) is 26.8 Å². The van der Waals surface area contributed by atoms with Crippen LogP contribution in [0.3, 0.4) is 0 Å². The molecule has 6 nitrogen and oxygen atoms in total. The van der Waals surface area contributed by atoms with Crippen molar-refractivity contribution in [2.45, 2.75) is 32.5 Å². The maximum absolute atomic E-state index is 13.2. The van der Waals surface area contributed by atoms with E-state index < -0.39 is 0 Å². The van der Waals surface area contributed by atoms with Gasteiger partial charge < -0.3 is 14.4 Å². The molecule has 8 heteroatoms. The first-order valence-electron chi connectivity index (χ1n) is 10.1. The number of carbonyl (C=O) groups is 2. The highest BCUT2D eigenvalue weighted by Crippen LogP contribution is 2.34. The van der Waals surface area contributed by atoms with E-state index in [0.29, 0.717) is 41.7 Å². The molecular formula is C23H26BrFN2O4. The number of hydrogen-bond donors (Lipinski definition) is 0. The highest BCUT2D eigenvalue weighted by atomic mass is 79.9. The predicted molar refractivity (Wildman–Crippen MR) is 119 cm³/mol. The molecule has 1 heterocycles. The summed E-state index contributed by atoms with van der Waals surface area (Å²) in [7, 11) is 1.48. The number of hydrogen-bond acceptors (Lipinski definition) is 5. The molecule has 2 atom stereocenters. The van der Waals surface area contributed by atoms with Crippen molar-refractivity contribution in [3.05, 3.63) is 57.8 Å². The van der Waals surface area contributed by atoms with Gasteiger partial charge in [-0.3, -0.25) is 14.5 Å². The number of methoxy groups -OCH3 is 1. The molecule has 1 saturated heterocycles. The van der Waals surface area contributed by atoms with E-state index in [-0.39, 0.29) is 36.2 Å². The third-order valence-corrected chi connectivity index (χ3v) is 5.93. The Morgan fingerprint density at radius 1 is 1.19 bits per heavy atom. The normalized spacial score (nSPS) is 19.2. The lowest BCUT2D eigenvalue weighted by atomic mass is 10.1. The Labute approximate surface area is 190 Å². The molecule has 0 N–H and O–H groups in total. The number of aldehydes is 1. The van der Waals surface area contributed by atoms with Crippen molar-refractivity contribution in [3.8, 4) is 11.5 Å². The lowest BCUT2D eigenvalue weighted by Crippen LogP contribution is -2.58. The molecule has 0 aromatic heterocycles. The number of ether oxygens (including phenoxy) is 2. The first-order valence-corrected chi connectivity index (χ1v) is 10.8. The first kappa shape index (κ1) is 23.2. The molecule has 0 spiro atoms. The zero-order valence-corrected chi connectivity index (χ0v) is 19.4. The van der Waals surface area contributed by atoms with Crippen LogP contribution in [-0.2, 0) is 11.3 Å². The highest BCUT2D eigenvalue weighted by Gasteiger charge is 2.32. The van der Waals surface area contributed by atoms with Gasteiger partial charge in [0.1, 0.15) is 5.82 Å². The van der Waals surface area contributed by atoms with Crippen LogP contribution in [-0.4, -0.2) is 60.9 Å². The van der Waals surface area contributed by atoms with Crippen LogP contribution in [0.25, 0.3) is 0 Å². The van der Waals surface area contributed by atoms with E-state index >= 15 is 0 Å². The summed E-state index contributed by atoms with van der Waals surface area (Å²) in [5, 5.41) is 0. The SMILES string of the molecule is COc1cc(Br)cc(C=O)c1OCC(=O)N1C[C@@H](C)N(Cc2ccc(F)cc2)C[C@@H]1C. The molecule has 0 unspecified atom stereocenters. The Morgan fingerprint density at radius 3 is 2.55 bits per heavy atom. The minimum atomic E-state index is -0.249. The van der Waals surface area contributed by atoms with E-state index in [4.69, 9.17) is 9.47 Å². The molecule has 0 radical (unpaired) electrons. The summed E-state index contributed by atoms with van der Waals surface area (Å²) in [6, 6.07) is 9.93. The average Bonchev–Trinajstić information content (AvgIpc) is 2.75. The second kappa shape index (κ2) is 10.2. The molecule has 1 aliphatic rings. The lowest BCUT2D eigenvalue weighted by molar-refractivity contribution is -0.139. The maximum Gasteiger partial charge on any atom is 0.260 e. The van der Waals surface area contributed by atoms with Gasteiger partial charge in [-0.05, 0) is 43.7 Å². The quantitative estimate of drug-likeness (QED) is 0.548.